The zero-order chi connectivity index (χ0) is 24.9. The van der Waals surface area contributed by atoms with Crippen molar-refractivity contribution in [3.8, 4) is 11.3 Å². The highest BCUT2D eigenvalue weighted by molar-refractivity contribution is 8.00. The van der Waals surface area contributed by atoms with Crippen molar-refractivity contribution < 1.29 is 4.79 Å². The lowest BCUT2D eigenvalue weighted by atomic mass is 9.89. The van der Waals surface area contributed by atoms with Crippen molar-refractivity contribution in [2.75, 3.05) is 18.0 Å². The van der Waals surface area contributed by atoms with E-state index in [1.807, 2.05) is 41.4 Å². The summed E-state index contributed by atoms with van der Waals surface area (Å²) in [6, 6.07) is 4.34. The van der Waals surface area contributed by atoms with Gasteiger partial charge in [-0.2, -0.15) is 5.10 Å². The van der Waals surface area contributed by atoms with Gasteiger partial charge in [-0.25, -0.2) is 4.98 Å². The molecule has 1 fully saturated rings. The second-order valence-electron chi connectivity index (χ2n) is 9.68. The Balaban J connectivity index is 1.70. The van der Waals surface area contributed by atoms with E-state index in [0.29, 0.717) is 29.8 Å². The Morgan fingerprint density at radius 3 is 2.83 bits per heavy atom. The molecule has 8 nitrogen and oxygen atoms in total. The maximum absolute atomic E-state index is 13.2. The summed E-state index contributed by atoms with van der Waals surface area (Å²) in [5, 5.41) is 6.28. The monoisotopic (exact) mass is 493 g/mol. The van der Waals surface area contributed by atoms with Gasteiger partial charge in [0, 0.05) is 36.9 Å². The standard InChI is InChI=1S/C26H35N7OS/c1-17(2)33-16-21(14-29-33)23-9-8-22-25(30-23)32-15-20(13-19(32)4)18(3)10-11-28-24(27)7-5-6-12-35-31-26(22)34/h5-9,12,14,16-20H,10-11,13,15H2,1-4H3,(H2,27,28)(H,31,34)/b7-5-,12-6+/t18-,19?,20-/m0/s1. The molecule has 3 atom stereocenters. The van der Waals surface area contributed by atoms with E-state index in [1.54, 1.807) is 11.5 Å². The van der Waals surface area contributed by atoms with Gasteiger partial charge < -0.3 is 10.6 Å². The average Bonchev–Trinajstić information content (AvgIpc) is 3.48. The molecule has 9 heteroatoms. The summed E-state index contributed by atoms with van der Waals surface area (Å²) in [6.45, 7) is 10.3. The van der Waals surface area contributed by atoms with E-state index >= 15 is 0 Å². The number of fused-ring (bicyclic) bond motifs is 4. The van der Waals surface area contributed by atoms with E-state index in [4.69, 9.17) is 10.7 Å². The predicted molar refractivity (Wildman–Crippen MR) is 144 cm³/mol. The SMILES string of the molecule is CC1C[C@H]2CN1c1nc(-c3cnn(C(C)C)c3)ccc1C(=O)NS/C=C/C=C\C(N)=NCC[C@@H]2C. The Bertz CT molecular complexity index is 1140. The molecule has 0 radical (unpaired) electrons. The maximum Gasteiger partial charge on any atom is 0.265 e. The molecule has 186 valence electrons. The molecule has 2 aromatic heterocycles. The Hall–Kier alpha value is -3.07. The second kappa shape index (κ2) is 11.1. The smallest absolute Gasteiger partial charge is 0.265 e. The highest BCUT2D eigenvalue weighted by Gasteiger charge is 2.35. The number of nitrogens with two attached hydrogens (primary N) is 1. The van der Waals surface area contributed by atoms with Gasteiger partial charge in [-0.3, -0.25) is 19.2 Å². The number of nitrogens with one attached hydrogen (secondary N) is 1. The minimum Gasteiger partial charge on any atom is -0.384 e. The summed E-state index contributed by atoms with van der Waals surface area (Å²) in [6.07, 6.45) is 11.3. The number of aromatic nitrogens is 3. The molecule has 3 N–H and O–H groups in total. The molecule has 0 saturated carbocycles. The summed E-state index contributed by atoms with van der Waals surface area (Å²) in [5.41, 5.74) is 8.35. The molecule has 2 aromatic rings. The van der Waals surface area contributed by atoms with Crippen LogP contribution in [0.1, 0.15) is 56.9 Å². The van der Waals surface area contributed by atoms with Crippen LogP contribution in [-0.4, -0.2) is 45.6 Å². The van der Waals surface area contributed by atoms with Gasteiger partial charge in [-0.1, -0.05) is 19.1 Å². The summed E-state index contributed by atoms with van der Waals surface area (Å²) >= 11 is 1.22. The van der Waals surface area contributed by atoms with Crippen LogP contribution in [0, 0.1) is 11.8 Å². The van der Waals surface area contributed by atoms with Crippen molar-refractivity contribution in [1.29, 1.82) is 0 Å². The van der Waals surface area contributed by atoms with Crippen LogP contribution in [-0.2, 0) is 0 Å². The van der Waals surface area contributed by atoms with Crippen molar-refractivity contribution in [3.63, 3.8) is 0 Å². The van der Waals surface area contributed by atoms with E-state index in [2.05, 4.69) is 47.4 Å². The molecule has 2 bridgehead atoms. The number of anilines is 1. The van der Waals surface area contributed by atoms with Gasteiger partial charge >= 0.3 is 0 Å². The third kappa shape index (κ3) is 5.96. The fourth-order valence-electron chi connectivity index (χ4n) is 4.61. The summed E-state index contributed by atoms with van der Waals surface area (Å²) in [5.74, 6) is 2.07. The normalized spacial score (nSPS) is 25.5. The van der Waals surface area contributed by atoms with Crippen molar-refractivity contribution in [1.82, 2.24) is 19.5 Å². The summed E-state index contributed by atoms with van der Waals surface area (Å²) < 4.78 is 4.84. The highest BCUT2D eigenvalue weighted by atomic mass is 32.2. The van der Waals surface area contributed by atoms with E-state index in [1.165, 1.54) is 11.9 Å². The van der Waals surface area contributed by atoms with Crippen molar-refractivity contribution in [2.24, 2.45) is 22.6 Å². The number of amides is 1. The zero-order valence-corrected chi connectivity index (χ0v) is 21.7. The van der Waals surface area contributed by atoms with Crippen molar-refractivity contribution in [2.45, 2.75) is 52.6 Å². The number of carbonyl (C=O) groups is 1. The number of aliphatic imine (C=N–C) groups is 1. The first-order valence-corrected chi connectivity index (χ1v) is 13.1. The number of hydrogen-bond donors (Lipinski definition) is 2. The Morgan fingerprint density at radius 1 is 1.23 bits per heavy atom. The topological polar surface area (TPSA) is 101 Å². The Kier molecular flexibility index (Phi) is 7.95. The van der Waals surface area contributed by atoms with Gasteiger partial charge in [0.15, 0.2) is 0 Å². The molecule has 4 heterocycles. The number of pyridine rings is 1. The quantitative estimate of drug-likeness (QED) is 0.594. The van der Waals surface area contributed by atoms with Gasteiger partial charge in [0.1, 0.15) is 11.7 Å². The van der Waals surface area contributed by atoms with Crippen LogP contribution < -0.4 is 15.4 Å². The lowest BCUT2D eigenvalue weighted by Crippen LogP contribution is -2.31. The van der Waals surface area contributed by atoms with Gasteiger partial charge in [0.05, 0.1) is 17.5 Å². The number of allylic oxidation sites excluding steroid dienone is 2. The van der Waals surface area contributed by atoms with E-state index in [9.17, 15) is 4.79 Å². The van der Waals surface area contributed by atoms with Crippen LogP contribution in [0.25, 0.3) is 11.3 Å². The fraction of sp³-hybridized carbons (Fsp3) is 0.462. The summed E-state index contributed by atoms with van der Waals surface area (Å²) in [7, 11) is 0. The van der Waals surface area contributed by atoms with Crippen LogP contribution in [0.4, 0.5) is 5.82 Å². The molecular formula is C26H35N7OS. The lowest BCUT2D eigenvalue weighted by molar-refractivity contribution is 0.0985. The molecule has 0 spiro atoms. The number of hydrogen-bond acceptors (Lipinski definition) is 7. The molecule has 0 aliphatic carbocycles. The van der Waals surface area contributed by atoms with Crippen LogP contribution in [0.5, 0.6) is 0 Å². The summed E-state index contributed by atoms with van der Waals surface area (Å²) in [4.78, 5) is 25.0. The third-order valence-corrected chi connectivity index (χ3v) is 7.38. The molecule has 2 aliphatic heterocycles. The van der Waals surface area contributed by atoms with Crippen LogP contribution >= 0.6 is 11.9 Å². The minimum atomic E-state index is -0.162. The van der Waals surface area contributed by atoms with Crippen molar-refractivity contribution in [3.05, 3.63) is 53.7 Å². The minimum absolute atomic E-state index is 0.162. The molecule has 0 aromatic carbocycles. The second-order valence-corrected chi connectivity index (χ2v) is 10.4. The first kappa shape index (κ1) is 25.0. The van der Waals surface area contributed by atoms with Gasteiger partial charge in [-0.15, -0.1) is 0 Å². The van der Waals surface area contributed by atoms with Gasteiger partial charge in [-0.05, 0) is 81.0 Å². The molecular weight excluding hydrogens is 458 g/mol. The fourth-order valence-corrected chi connectivity index (χ4v) is 5.06. The number of amidine groups is 1. The molecule has 1 unspecified atom stereocenters. The largest absolute Gasteiger partial charge is 0.384 e. The van der Waals surface area contributed by atoms with Crippen LogP contribution in [0.3, 0.4) is 0 Å². The lowest BCUT2D eigenvalue weighted by Gasteiger charge is -2.26. The Labute approximate surface area is 211 Å². The van der Waals surface area contributed by atoms with E-state index < -0.39 is 0 Å². The number of rotatable bonds is 2. The van der Waals surface area contributed by atoms with Gasteiger partial charge in [0.2, 0.25) is 0 Å². The first-order valence-electron chi connectivity index (χ1n) is 12.2. The van der Waals surface area contributed by atoms with E-state index in [-0.39, 0.29) is 18.0 Å². The molecule has 4 rings (SSSR count). The maximum atomic E-state index is 13.2. The molecule has 1 amide bonds. The van der Waals surface area contributed by atoms with Crippen LogP contribution in [0.15, 0.2) is 53.2 Å². The average molecular weight is 494 g/mol. The Morgan fingerprint density at radius 2 is 2.06 bits per heavy atom. The number of carbonyl (C=O) groups excluding carboxylic acids is 1. The van der Waals surface area contributed by atoms with Crippen LogP contribution in [0.2, 0.25) is 0 Å². The molecule has 35 heavy (non-hydrogen) atoms. The molecule has 1 saturated heterocycles. The highest BCUT2D eigenvalue weighted by Crippen LogP contribution is 2.36. The van der Waals surface area contributed by atoms with E-state index in [0.717, 1.165) is 36.5 Å². The zero-order valence-electron chi connectivity index (χ0n) is 20.9. The predicted octanol–water partition coefficient (Wildman–Crippen LogP) is 4.59. The van der Waals surface area contributed by atoms with Crippen molar-refractivity contribution >= 4 is 29.5 Å². The third-order valence-electron chi connectivity index (χ3n) is 6.79. The first-order chi connectivity index (χ1) is 16.8. The number of nitrogens with zero attached hydrogens (tertiary/aromatic N) is 5. The molecule has 2 aliphatic rings. The van der Waals surface area contributed by atoms with Gasteiger partial charge in [0.25, 0.3) is 5.91 Å².